The van der Waals surface area contributed by atoms with Crippen LogP contribution in [0, 0.1) is 53.3 Å². The molecule has 11 atom stereocenters. The predicted molar refractivity (Wildman–Crippen MR) is 405 cm³/mol. The second kappa shape index (κ2) is 58.8. The minimum atomic E-state index is -1.19. The third kappa shape index (κ3) is 45.2. The van der Waals surface area contributed by atoms with Gasteiger partial charge in [0.15, 0.2) is 28.9 Å². The maximum Gasteiger partial charge on any atom is 0.226 e. The summed E-state index contributed by atoms with van der Waals surface area (Å²) in [7, 11) is 1.67. The van der Waals surface area contributed by atoms with Crippen LogP contribution in [0.5, 0.6) is 0 Å². The van der Waals surface area contributed by atoms with Crippen LogP contribution in [0.15, 0.2) is 0 Å². The molecular formula is C78H140N10O16. The van der Waals surface area contributed by atoms with Crippen molar-refractivity contribution in [1.82, 2.24) is 31.9 Å². The molecule has 0 fully saturated rings. The molecule has 598 valence electrons. The lowest BCUT2D eigenvalue weighted by Crippen LogP contribution is -2.51. The first kappa shape index (κ1) is 99.7. The van der Waals surface area contributed by atoms with E-state index in [1.807, 2.05) is 13.8 Å². The van der Waals surface area contributed by atoms with Gasteiger partial charge in [-0.05, 0) is 116 Å². The number of hydrogen-bond acceptors (Lipinski definition) is 20. The Labute approximate surface area is 622 Å². The van der Waals surface area contributed by atoms with Gasteiger partial charge < -0.3 is 59.9 Å². The van der Waals surface area contributed by atoms with Crippen LogP contribution in [0.1, 0.15) is 282 Å². The fourth-order valence-corrected chi connectivity index (χ4v) is 11.8. The molecule has 0 spiro atoms. The molecule has 15 N–H and O–H groups in total. The molecule has 0 aromatic carbocycles. The van der Waals surface area contributed by atoms with Crippen LogP contribution in [-0.4, -0.2) is 163 Å². The van der Waals surface area contributed by atoms with Gasteiger partial charge in [0.25, 0.3) is 0 Å². The maximum absolute atomic E-state index is 13.7. The molecule has 26 heteroatoms. The first-order valence-electron chi connectivity index (χ1n) is 39.0. The zero-order valence-corrected chi connectivity index (χ0v) is 65.9. The molecule has 0 radical (unpaired) electrons. The summed E-state index contributed by atoms with van der Waals surface area (Å²) in [6.45, 7) is 21.2. The highest BCUT2D eigenvalue weighted by Crippen LogP contribution is 2.24. The molecule has 0 aliphatic rings. The third-order valence-corrected chi connectivity index (χ3v) is 19.3. The Balaban J connectivity index is 0. The highest BCUT2D eigenvalue weighted by molar-refractivity contribution is 5.99. The SMILES string of the molecule is CCC(=O)CCC(=O)NCC(=O)C[C@@H](CO)C(=O)N[C@@H](CCCCN)C(=O)C[C@@H](CCCCN)C(=O)N[C@@H](CCCCN)C(=O)C[C@@H](C)C(C)=O.CCCCCCCCCCCCCC(=O)C[C@H](CC(=O)[C@@H](NC(=O)[C@@H](CC(=O)[C@@H](NC(=O)[C@H](C)CC(=O)[C@H](C)NC)C(C)C)C(C)C)C(C)C)C(N)=O. The lowest BCUT2D eigenvalue weighted by molar-refractivity contribution is -0.137. The fraction of sp³-hybridized carbons (Fsp3) is 0.808. The number of carbonyl (C=O) groups is 15. The minimum absolute atomic E-state index is 0.0264. The molecule has 0 saturated heterocycles. The lowest BCUT2D eigenvalue weighted by atomic mass is 9.84. The first-order chi connectivity index (χ1) is 49.1. The van der Waals surface area contributed by atoms with Crippen molar-refractivity contribution in [1.29, 1.82) is 0 Å². The summed E-state index contributed by atoms with van der Waals surface area (Å²) in [6.07, 6.45) is 16.6. The van der Waals surface area contributed by atoms with Crippen LogP contribution in [0.3, 0.4) is 0 Å². The molecule has 0 heterocycles. The Morgan fingerprint density at radius 1 is 0.394 bits per heavy atom. The zero-order chi connectivity index (χ0) is 79.4. The second-order valence-electron chi connectivity index (χ2n) is 29.7. The van der Waals surface area contributed by atoms with E-state index in [1.54, 1.807) is 62.4 Å². The van der Waals surface area contributed by atoms with Gasteiger partial charge in [-0.25, -0.2) is 0 Å². The number of ketones is 9. The predicted octanol–water partition coefficient (Wildman–Crippen LogP) is 6.97. The van der Waals surface area contributed by atoms with Crippen molar-refractivity contribution < 1.29 is 77.0 Å². The Hall–Kier alpha value is -6.35. The Morgan fingerprint density at radius 2 is 0.837 bits per heavy atom. The molecule has 0 aliphatic carbocycles. The maximum atomic E-state index is 13.7. The van der Waals surface area contributed by atoms with E-state index >= 15 is 0 Å². The van der Waals surface area contributed by atoms with E-state index in [0.29, 0.717) is 83.8 Å². The first-order valence-corrected chi connectivity index (χ1v) is 39.0. The van der Waals surface area contributed by atoms with E-state index in [0.717, 1.165) is 25.7 Å². The van der Waals surface area contributed by atoms with E-state index in [-0.39, 0.29) is 117 Å². The number of likely N-dealkylation sites (N-methyl/N-ethyl adjacent to an activating group) is 1. The van der Waals surface area contributed by atoms with Gasteiger partial charge in [-0.1, -0.05) is 140 Å². The van der Waals surface area contributed by atoms with Crippen molar-refractivity contribution in [3.63, 3.8) is 0 Å². The van der Waals surface area contributed by atoms with Crippen molar-refractivity contribution in [3.05, 3.63) is 0 Å². The summed E-state index contributed by atoms with van der Waals surface area (Å²) in [5, 5.41) is 26.3. The topological polar surface area (TPSA) is 453 Å². The second-order valence-corrected chi connectivity index (χ2v) is 29.7. The summed E-state index contributed by atoms with van der Waals surface area (Å²) < 4.78 is 0. The van der Waals surface area contributed by atoms with E-state index in [9.17, 15) is 77.0 Å². The van der Waals surface area contributed by atoms with Gasteiger partial charge in [0.2, 0.25) is 35.4 Å². The smallest absolute Gasteiger partial charge is 0.226 e. The monoisotopic (exact) mass is 1470 g/mol. The van der Waals surface area contributed by atoms with Gasteiger partial charge in [-0.15, -0.1) is 0 Å². The van der Waals surface area contributed by atoms with Crippen LogP contribution < -0.4 is 54.8 Å². The van der Waals surface area contributed by atoms with Gasteiger partial charge in [-0.3, -0.25) is 71.9 Å². The standard InChI is InChI=1S/C42H76N4O7.C36H64N6O9/c1-11-12-13-14-15-16-17-18-19-20-21-22-33(47)24-32(40(43)51)25-36(49)38(28(4)5)46-42(53)34(27(2)3)26-37(50)39(29(6)7)45-41(52)30(8)23-35(48)31(9)44-10;1-4-28(45)14-15-34(49)40-22-29(46)20-27(23-43)36(51)42-31(13-7-10-18-39)33(48)21-26(11-5-8-16-37)35(50)41-30(12-6-9-17-38)32(47)19-24(2)25(3)44/h27-32,34,38-39,44H,11-26H2,1-10H3,(H2,43,51)(H,45,52)(H,46,53);24,26-27,30-31,43H,4-23,37-39H2,1-3H3,(H,40,49)(H,41,50)(H,42,51)/t30-,31+,32-,34+,38+,39+;24-,26-,27+,30+,31+/m11/s1. The van der Waals surface area contributed by atoms with Crippen molar-refractivity contribution in [3.8, 4) is 0 Å². The van der Waals surface area contributed by atoms with Gasteiger partial charge >= 0.3 is 0 Å². The van der Waals surface area contributed by atoms with Crippen LogP contribution in [-0.2, 0) is 71.9 Å². The fourth-order valence-electron chi connectivity index (χ4n) is 11.8. The molecule has 0 rings (SSSR count). The van der Waals surface area contributed by atoms with Crippen molar-refractivity contribution >= 4 is 87.5 Å². The summed E-state index contributed by atoms with van der Waals surface area (Å²) in [4.78, 5) is 193. The van der Waals surface area contributed by atoms with Crippen LogP contribution >= 0.6 is 0 Å². The van der Waals surface area contributed by atoms with Crippen molar-refractivity contribution in [2.75, 3.05) is 39.8 Å². The molecular weight excluding hydrogens is 1330 g/mol. The van der Waals surface area contributed by atoms with Gasteiger partial charge in [0, 0.05) is 94.3 Å². The van der Waals surface area contributed by atoms with Crippen LogP contribution in [0.4, 0.5) is 0 Å². The highest BCUT2D eigenvalue weighted by atomic mass is 16.3. The Morgan fingerprint density at radius 3 is 1.29 bits per heavy atom. The highest BCUT2D eigenvalue weighted by Gasteiger charge is 2.37. The summed E-state index contributed by atoms with van der Waals surface area (Å²) in [6, 6.07) is -4.09. The molecule has 0 aliphatic heterocycles. The molecule has 6 amide bonds. The number of amides is 6. The number of nitrogens with two attached hydrogens (primary N) is 4. The van der Waals surface area contributed by atoms with E-state index in [1.165, 1.54) is 51.9 Å². The molecule has 26 nitrogen and oxygen atoms in total. The van der Waals surface area contributed by atoms with Crippen LogP contribution in [0.25, 0.3) is 0 Å². The number of hydrogen-bond donors (Lipinski definition) is 11. The molecule has 0 unspecified atom stereocenters. The van der Waals surface area contributed by atoms with E-state index < -0.39 is 132 Å². The number of aliphatic hydroxyl groups is 1. The molecule has 0 aromatic heterocycles. The normalized spacial score (nSPS) is 14.5. The van der Waals surface area contributed by atoms with Crippen LogP contribution in [0.2, 0.25) is 0 Å². The number of unbranched alkanes of at least 4 members (excludes halogenated alkanes) is 13. The van der Waals surface area contributed by atoms with E-state index in [4.69, 9.17) is 22.9 Å². The number of Topliss-reactive ketones (excluding diaryl/α,β-unsaturated/α-hetero) is 9. The number of carbonyl (C=O) groups excluding carboxylic acids is 15. The third-order valence-electron chi connectivity index (χ3n) is 19.3. The minimum Gasteiger partial charge on any atom is -0.396 e. The lowest BCUT2D eigenvalue weighted by Gasteiger charge is -2.29. The van der Waals surface area contributed by atoms with Gasteiger partial charge in [-0.2, -0.15) is 0 Å². The van der Waals surface area contributed by atoms with Crippen molar-refractivity contribution in [2.45, 2.75) is 312 Å². The summed E-state index contributed by atoms with van der Waals surface area (Å²) in [5.74, 6) is -11.5. The number of aliphatic hydroxyl groups excluding tert-OH is 1. The van der Waals surface area contributed by atoms with E-state index in [2.05, 4.69) is 38.8 Å². The largest absolute Gasteiger partial charge is 0.396 e. The Bertz CT molecular complexity index is 2630. The Kier molecular flexibility index (Phi) is 56.4. The summed E-state index contributed by atoms with van der Waals surface area (Å²) in [5.41, 5.74) is 22.6. The molecule has 0 saturated carbocycles. The summed E-state index contributed by atoms with van der Waals surface area (Å²) >= 11 is 0. The number of nitrogens with one attached hydrogen (secondary N) is 6. The van der Waals surface area contributed by atoms with Gasteiger partial charge in [0.1, 0.15) is 23.1 Å². The quantitative estimate of drug-likeness (QED) is 0.0274. The number of primary amides is 1. The van der Waals surface area contributed by atoms with Crippen molar-refractivity contribution in [2.24, 2.45) is 76.2 Å². The zero-order valence-electron chi connectivity index (χ0n) is 65.9. The number of rotatable bonds is 64. The molecule has 0 aromatic rings. The average Bonchev–Trinajstić information content (AvgIpc) is 0.841. The average molecular weight is 1470 g/mol. The molecule has 0 bridgehead atoms. The van der Waals surface area contributed by atoms with Gasteiger partial charge in [0.05, 0.1) is 55.2 Å². The molecule has 104 heavy (non-hydrogen) atoms.